The lowest BCUT2D eigenvalue weighted by molar-refractivity contribution is -0.384. The number of hydrogen-bond acceptors (Lipinski definition) is 4. The fourth-order valence-electron chi connectivity index (χ4n) is 1.74. The van der Waals surface area contributed by atoms with E-state index in [0.717, 1.165) is 4.90 Å². The van der Waals surface area contributed by atoms with E-state index in [0.29, 0.717) is 5.69 Å². The third kappa shape index (κ3) is 3.53. The van der Waals surface area contributed by atoms with E-state index >= 15 is 0 Å². The normalized spacial score (nSPS) is 10.2. The van der Waals surface area contributed by atoms with Crippen molar-refractivity contribution in [1.82, 2.24) is 0 Å². The molecular weight excluding hydrogens is 312 g/mol. The smallest absolute Gasteiger partial charge is 0.288 e. The molecule has 21 heavy (non-hydrogen) atoms. The van der Waals surface area contributed by atoms with Gasteiger partial charge in [-0.15, -0.1) is 11.8 Å². The number of thioether (sulfide) groups is 1. The van der Waals surface area contributed by atoms with E-state index in [1.807, 2.05) is 24.5 Å². The van der Waals surface area contributed by atoms with Crippen molar-refractivity contribution in [2.45, 2.75) is 4.90 Å². The van der Waals surface area contributed by atoms with Gasteiger partial charge in [0.05, 0.1) is 10.5 Å². The fourth-order valence-corrected chi connectivity index (χ4v) is 2.48. The van der Waals surface area contributed by atoms with E-state index in [9.17, 15) is 14.9 Å². The summed E-state index contributed by atoms with van der Waals surface area (Å²) in [5.41, 5.74) is 0.386. The predicted octanol–water partition coefficient (Wildman–Crippen LogP) is 4.22. The number of amides is 1. The van der Waals surface area contributed by atoms with Crippen LogP contribution in [0.1, 0.15) is 10.4 Å². The number of nitro groups is 1. The Labute approximate surface area is 130 Å². The average Bonchev–Trinajstić information content (AvgIpc) is 2.47. The minimum atomic E-state index is -0.618. The molecule has 7 heteroatoms. The molecule has 0 aliphatic heterocycles. The molecule has 1 N–H and O–H groups in total. The number of halogens is 1. The molecule has 108 valence electrons. The molecule has 0 saturated heterocycles. The van der Waals surface area contributed by atoms with Crippen molar-refractivity contribution in [2.24, 2.45) is 0 Å². The van der Waals surface area contributed by atoms with E-state index in [1.54, 1.807) is 17.8 Å². The van der Waals surface area contributed by atoms with Crippen molar-refractivity contribution in [3.8, 4) is 0 Å². The molecule has 0 atom stereocenters. The van der Waals surface area contributed by atoms with Gasteiger partial charge in [-0.25, -0.2) is 0 Å². The van der Waals surface area contributed by atoms with Gasteiger partial charge in [0, 0.05) is 16.6 Å². The summed E-state index contributed by atoms with van der Waals surface area (Å²) >= 11 is 7.47. The first-order valence-corrected chi connectivity index (χ1v) is 7.51. The van der Waals surface area contributed by atoms with Gasteiger partial charge in [-0.3, -0.25) is 14.9 Å². The van der Waals surface area contributed by atoms with Crippen LogP contribution in [0.2, 0.25) is 5.02 Å². The highest BCUT2D eigenvalue weighted by molar-refractivity contribution is 7.98. The summed E-state index contributed by atoms with van der Waals surface area (Å²) in [5, 5.41) is 13.3. The molecule has 0 heterocycles. The molecule has 0 bridgehead atoms. The minimum absolute atomic E-state index is 0.0698. The van der Waals surface area contributed by atoms with Crippen LogP contribution in [-0.4, -0.2) is 17.1 Å². The number of benzene rings is 2. The summed E-state index contributed by atoms with van der Waals surface area (Å²) in [6.45, 7) is 0. The zero-order valence-electron chi connectivity index (χ0n) is 11.0. The van der Waals surface area contributed by atoms with Gasteiger partial charge < -0.3 is 5.32 Å². The number of carbonyl (C=O) groups is 1. The Morgan fingerprint density at radius 1 is 1.29 bits per heavy atom. The van der Waals surface area contributed by atoms with Gasteiger partial charge in [-0.1, -0.05) is 23.7 Å². The molecule has 0 unspecified atom stereocenters. The van der Waals surface area contributed by atoms with Gasteiger partial charge in [0.25, 0.3) is 11.6 Å². The molecule has 0 aliphatic carbocycles. The summed E-state index contributed by atoms with van der Waals surface area (Å²) in [5.74, 6) is -0.484. The van der Waals surface area contributed by atoms with Crippen molar-refractivity contribution in [3.05, 3.63) is 63.2 Å². The van der Waals surface area contributed by atoms with Crippen molar-refractivity contribution in [2.75, 3.05) is 11.6 Å². The molecule has 0 saturated carbocycles. The predicted molar refractivity (Wildman–Crippen MR) is 84.3 cm³/mol. The van der Waals surface area contributed by atoms with Crippen LogP contribution in [0, 0.1) is 10.1 Å². The Balaban J connectivity index is 2.28. The molecule has 2 aromatic carbocycles. The summed E-state index contributed by atoms with van der Waals surface area (Å²) in [4.78, 5) is 23.4. The van der Waals surface area contributed by atoms with Crippen LogP contribution in [0.3, 0.4) is 0 Å². The Morgan fingerprint density at radius 3 is 2.67 bits per heavy atom. The lowest BCUT2D eigenvalue weighted by Gasteiger charge is -2.08. The van der Waals surface area contributed by atoms with Gasteiger partial charge in [0.1, 0.15) is 5.02 Å². The van der Waals surface area contributed by atoms with E-state index in [1.165, 1.54) is 18.2 Å². The first-order valence-electron chi connectivity index (χ1n) is 5.91. The van der Waals surface area contributed by atoms with E-state index < -0.39 is 10.8 Å². The summed E-state index contributed by atoms with van der Waals surface area (Å²) in [7, 11) is 0. The SMILES string of the molecule is CSc1cccc(NC(=O)c2cccc([N+](=O)[O-])c2Cl)c1. The maximum absolute atomic E-state index is 12.2. The maximum Gasteiger partial charge on any atom is 0.288 e. The highest BCUT2D eigenvalue weighted by Gasteiger charge is 2.19. The van der Waals surface area contributed by atoms with Crippen LogP contribution in [0.5, 0.6) is 0 Å². The third-order valence-corrected chi connectivity index (χ3v) is 3.87. The Kier molecular flexibility index (Phi) is 4.82. The number of carbonyl (C=O) groups excluding carboxylic acids is 1. The van der Waals surface area contributed by atoms with Crippen LogP contribution < -0.4 is 5.32 Å². The zero-order chi connectivity index (χ0) is 15.4. The largest absolute Gasteiger partial charge is 0.322 e. The van der Waals surface area contributed by atoms with E-state index in [2.05, 4.69) is 5.32 Å². The summed E-state index contributed by atoms with van der Waals surface area (Å²) in [6.07, 6.45) is 1.93. The van der Waals surface area contributed by atoms with Crippen LogP contribution in [-0.2, 0) is 0 Å². The van der Waals surface area contributed by atoms with Crippen molar-refractivity contribution < 1.29 is 9.72 Å². The standard InChI is InChI=1S/C14H11ClN2O3S/c1-21-10-5-2-4-9(8-10)16-14(18)11-6-3-7-12(13(11)15)17(19)20/h2-8H,1H3,(H,16,18). The number of nitrogens with zero attached hydrogens (tertiary/aromatic N) is 1. The average molecular weight is 323 g/mol. The minimum Gasteiger partial charge on any atom is -0.322 e. The Hall–Kier alpha value is -2.05. The van der Waals surface area contributed by atoms with Gasteiger partial charge in [-0.05, 0) is 30.5 Å². The second-order valence-electron chi connectivity index (χ2n) is 4.08. The lowest BCUT2D eigenvalue weighted by atomic mass is 10.2. The molecule has 1 amide bonds. The van der Waals surface area contributed by atoms with Crippen LogP contribution in [0.4, 0.5) is 11.4 Å². The molecule has 5 nitrogen and oxygen atoms in total. The second kappa shape index (κ2) is 6.60. The molecular formula is C14H11ClN2O3S. The molecule has 0 fully saturated rings. The van der Waals surface area contributed by atoms with E-state index in [-0.39, 0.29) is 16.3 Å². The number of hydrogen-bond donors (Lipinski definition) is 1. The molecule has 0 radical (unpaired) electrons. The molecule has 0 spiro atoms. The van der Waals surface area contributed by atoms with Crippen molar-refractivity contribution >= 4 is 40.6 Å². The Morgan fingerprint density at radius 2 is 2.00 bits per heavy atom. The fraction of sp³-hybridized carbons (Fsp3) is 0.0714. The monoisotopic (exact) mass is 322 g/mol. The summed E-state index contributed by atoms with van der Waals surface area (Å²) < 4.78 is 0. The highest BCUT2D eigenvalue weighted by Crippen LogP contribution is 2.28. The van der Waals surface area contributed by atoms with Gasteiger partial charge in [0.2, 0.25) is 0 Å². The first kappa shape index (κ1) is 15.3. The molecule has 2 rings (SSSR count). The number of anilines is 1. The third-order valence-electron chi connectivity index (χ3n) is 2.75. The Bertz CT molecular complexity index is 706. The van der Waals surface area contributed by atoms with Gasteiger partial charge in [-0.2, -0.15) is 0 Å². The van der Waals surface area contributed by atoms with Crippen LogP contribution in [0.25, 0.3) is 0 Å². The second-order valence-corrected chi connectivity index (χ2v) is 5.34. The maximum atomic E-state index is 12.2. The highest BCUT2D eigenvalue weighted by atomic mass is 35.5. The van der Waals surface area contributed by atoms with Crippen molar-refractivity contribution in [3.63, 3.8) is 0 Å². The van der Waals surface area contributed by atoms with Crippen molar-refractivity contribution in [1.29, 1.82) is 0 Å². The molecule has 0 aromatic heterocycles. The van der Waals surface area contributed by atoms with Gasteiger partial charge in [0.15, 0.2) is 0 Å². The number of rotatable bonds is 4. The lowest BCUT2D eigenvalue weighted by Crippen LogP contribution is -2.13. The summed E-state index contributed by atoms with van der Waals surface area (Å²) in [6, 6.07) is 11.4. The topological polar surface area (TPSA) is 72.2 Å². The quantitative estimate of drug-likeness (QED) is 0.519. The molecule has 2 aromatic rings. The zero-order valence-corrected chi connectivity index (χ0v) is 12.6. The van der Waals surface area contributed by atoms with E-state index in [4.69, 9.17) is 11.6 Å². The number of nitrogens with one attached hydrogen (secondary N) is 1. The van der Waals surface area contributed by atoms with Gasteiger partial charge >= 0.3 is 0 Å². The first-order chi connectivity index (χ1) is 10.0. The molecule has 0 aliphatic rings. The van der Waals surface area contributed by atoms with Crippen LogP contribution in [0.15, 0.2) is 47.4 Å². The number of nitro benzene ring substituents is 1. The van der Waals surface area contributed by atoms with Crippen LogP contribution >= 0.6 is 23.4 Å².